The lowest BCUT2D eigenvalue weighted by atomic mass is 10.2. The van der Waals surface area contributed by atoms with Crippen LogP contribution in [0.5, 0.6) is 0 Å². The van der Waals surface area contributed by atoms with Crippen LogP contribution in [0.3, 0.4) is 0 Å². The van der Waals surface area contributed by atoms with Gasteiger partial charge >= 0.3 is 0 Å². The summed E-state index contributed by atoms with van der Waals surface area (Å²) < 4.78 is 3.15. The van der Waals surface area contributed by atoms with E-state index in [1.54, 1.807) is 0 Å². The molecular weight excluding hydrogens is 254 g/mol. The van der Waals surface area contributed by atoms with E-state index < -0.39 is 0 Å². The molecule has 0 saturated carbocycles. The number of aromatic nitrogens is 2. The summed E-state index contributed by atoms with van der Waals surface area (Å²) in [6.07, 6.45) is 0. The Morgan fingerprint density at radius 1 is 1.47 bits per heavy atom. The second-order valence-electron chi connectivity index (χ2n) is 3.45. The maximum Gasteiger partial charge on any atom is 0.0927 e. The number of halogens is 1. The molecule has 3 nitrogen and oxygen atoms in total. The Morgan fingerprint density at radius 2 is 2.27 bits per heavy atom. The molecule has 0 atom stereocenters. The Balaban J connectivity index is 2.65. The molecule has 0 amide bonds. The molecule has 2 aromatic rings. The van der Waals surface area contributed by atoms with Gasteiger partial charge in [-0.2, -0.15) is 5.10 Å². The number of rotatable bonds is 3. The average Bonchev–Trinajstić information content (AvgIpc) is 2.57. The summed E-state index contributed by atoms with van der Waals surface area (Å²) >= 11 is 3.49. The Hall–Kier alpha value is -0.870. The number of hydrogen-bond donors (Lipinski definition) is 1. The highest BCUT2D eigenvalue weighted by Crippen LogP contribution is 2.22. The molecule has 0 bridgehead atoms. The van der Waals surface area contributed by atoms with Gasteiger partial charge in [-0.05, 0) is 32.2 Å². The molecule has 4 heteroatoms. The van der Waals surface area contributed by atoms with Crippen LogP contribution in [0.15, 0.2) is 22.7 Å². The minimum absolute atomic E-state index is 0.848. The van der Waals surface area contributed by atoms with Gasteiger partial charge in [-0.3, -0.25) is 4.68 Å². The molecule has 0 radical (unpaired) electrons. The van der Waals surface area contributed by atoms with E-state index in [9.17, 15) is 0 Å². The fourth-order valence-electron chi connectivity index (χ4n) is 1.77. The Bertz CT molecular complexity index is 476. The van der Waals surface area contributed by atoms with Gasteiger partial charge in [0.25, 0.3) is 0 Å². The molecule has 0 aliphatic carbocycles. The number of hydrogen-bond acceptors (Lipinski definition) is 2. The lowest BCUT2D eigenvalue weighted by Gasteiger charge is -2.03. The summed E-state index contributed by atoms with van der Waals surface area (Å²) in [7, 11) is 1.96. The van der Waals surface area contributed by atoms with Crippen molar-refractivity contribution in [3.05, 3.63) is 28.4 Å². The van der Waals surface area contributed by atoms with E-state index in [2.05, 4.69) is 39.3 Å². The van der Waals surface area contributed by atoms with Gasteiger partial charge in [0.05, 0.1) is 11.2 Å². The van der Waals surface area contributed by atoms with Crippen LogP contribution < -0.4 is 5.32 Å². The van der Waals surface area contributed by atoms with E-state index in [0.717, 1.165) is 23.1 Å². The van der Waals surface area contributed by atoms with Gasteiger partial charge < -0.3 is 5.32 Å². The van der Waals surface area contributed by atoms with Gasteiger partial charge in [-0.25, -0.2) is 0 Å². The van der Waals surface area contributed by atoms with Crippen molar-refractivity contribution in [2.75, 3.05) is 7.05 Å². The van der Waals surface area contributed by atoms with E-state index in [4.69, 9.17) is 0 Å². The molecule has 0 fully saturated rings. The molecule has 1 N–H and O–H groups in total. The van der Waals surface area contributed by atoms with Crippen molar-refractivity contribution < 1.29 is 0 Å². The van der Waals surface area contributed by atoms with E-state index in [1.807, 2.05) is 23.9 Å². The molecule has 0 saturated heterocycles. The Labute approximate surface area is 97.6 Å². The molecule has 80 valence electrons. The van der Waals surface area contributed by atoms with Crippen molar-refractivity contribution >= 4 is 26.8 Å². The lowest BCUT2D eigenvalue weighted by molar-refractivity contribution is 0.610. The Morgan fingerprint density at radius 3 is 2.93 bits per heavy atom. The summed E-state index contributed by atoms with van der Waals surface area (Å²) in [5.41, 5.74) is 2.31. The van der Waals surface area contributed by atoms with Crippen molar-refractivity contribution in [2.24, 2.45) is 0 Å². The van der Waals surface area contributed by atoms with Gasteiger partial charge in [0.1, 0.15) is 0 Å². The number of nitrogens with one attached hydrogen (secondary N) is 1. The van der Waals surface area contributed by atoms with Gasteiger partial charge in [0.2, 0.25) is 0 Å². The lowest BCUT2D eigenvalue weighted by Crippen LogP contribution is -2.11. The third kappa shape index (κ3) is 1.92. The van der Waals surface area contributed by atoms with Crippen LogP contribution in [0.1, 0.15) is 12.6 Å². The first kappa shape index (κ1) is 10.6. The summed E-state index contributed by atoms with van der Waals surface area (Å²) in [6, 6.07) is 6.20. The molecule has 15 heavy (non-hydrogen) atoms. The van der Waals surface area contributed by atoms with Crippen molar-refractivity contribution in [3.8, 4) is 0 Å². The Kier molecular flexibility index (Phi) is 3.07. The van der Waals surface area contributed by atoms with Crippen LogP contribution in [0.4, 0.5) is 0 Å². The normalized spacial score (nSPS) is 11.1. The van der Waals surface area contributed by atoms with Crippen LogP contribution in [0.2, 0.25) is 0 Å². The molecular formula is C11H14BrN3. The largest absolute Gasteiger partial charge is 0.314 e. The second-order valence-corrected chi connectivity index (χ2v) is 4.37. The average molecular weight is 268 g/mol. The van der Waals surface area contributed by atoms with Crippen LogP contribution in [-0.2, 0) is 13.1 Å². The molecule has 0 aliphatic rings. The fraction of sp³-hybridized carbons (Fsp3) is 0.364. The second kappa shape index (κ2) is 4.33. The van der Waals surface area contributed by atoms with E-state index in [1.165, 1.54) is 11.1 Å². The number of benzene rings is 1. The molecule has 1 aromatic heterocycles. The molecule has 1 aromatic carbocycles. The van der Waals surface area contributed by atoms with Crippen molar-refractivity contribution in [3.63, 3.8) is 0 Å². The number of fused-ring (bicyclic) bond motifs is 1. The highest BCUT2D eigenvalue weighted by molar-refractivity contribution is 9.10. The summed E-state index contributed by atoms with van der Waals surface area (Å²) in [5.74, 6) is 0. The van der Waals surface area contributed by atoms with E-state index in [-0.39, 0.29) is 0 Å². The standard InChI is InChI=1S/C11H14BrN3/c1-3-15-11(7-13-2)9-6-8(12)4-5-10(9)14-15/h4-6,13H,3,7H2,1-2H3. The third-order valence-electron chi connectivity index (χ3n) is 2.45. The molecule has 1 heterocycles. The van der Waals surface area contributed by atoms with Crippen LogP contribution in [0, 0.1) is 0 Å². The summed E-state index contributed by atoms with van der Waals surface area (Å²) in [4.78, 5) is 0. The zero-order valence-corrected chi connectivity index (χ0v) is 10.5. The highest BCUT2D eigenvalue weighted by Gasteiger charge is 2.09. The molecule has 2 rings (SSSR count). The van der Waals surface area contributed by atoms with Gasteiger partial charge in [0, 0.05) is 22.9 Å². The van der Waals surface area contributed by atoms with Crippen LogP contribution >= 0.6 is 15.9 Å². The first-order valence-electron chi connectivity index (χ1n) is 5.05. The molecule has 0 unspecified atom stereocenters. The third-order valence-corrected chi connectivity index (χ3v) is 2.95. The molecule has 0 spiro atoms. The van der Waals surface area contributed by atoms with Crippen LogP contribution in [-0.4, -0.2) is 16.8 Å². The smallest absolute Gasteiger partial charge is 0.0927 e. The van der Waals surface area contributed by atoms with E-state index in [0.29, 0.717) is 0 Å². The monoisotopic (exact) mass is 267 g/mol. The fourth-order valence-corrected chi connectivity index (χ4v) is 2.13. The van der Waals surface area contributed by atoms with Crippen molar-refractivity contribution in [2.45, 2.75) is 20.0 Å². The minimum atomic E-state index is 0.848. The van der Waals surface area contributed by atoms with Crippen LogP contribution in [0.25, 0.3) is 10.9 Å². The summed E-state index contributed by atoms with van der Waals surface area (Å²) in [5, 5.41) is 8.95. The first-order valence-corrected chi connectivity index (χ1v) is 5.85. The predicted octanol–water partition coefficient (Wildman–Crippen LogP) is 2.54. The van der Waals surface area contributed by atoms with Gasteiger partial charge in [-0.15, -0.1) is 0 Å². The number of nitrogens with zero attached hydrogens (tertiary/aromatic N) is 2. The highest BCUT2D eigenvalue weighted by atomic mass is 79.9. The minimum Gasteiger partial charge on any atom is -0.314 e. The van der Waals surface area contributed by atoms with Gasteiger partial charge in [-0.1, -0.05) is 15.9 Å². The van der Waals surface area contributed by atoms with Crippen molar-refractivity contribution in [1.82, 2.24) is 15.1 Å². The maximum absolute atomic E-state index is 4.55. The molecule has 0 aliphatic heterocycles. The maximum atomic E-state index is 4.55. The zero-order valence-electron chi connectivity index (χ0n) is 8.92. The predicted molar refractivity (Wildman–Crippen MR) is 65.9 cm³/mol. The number of aryl methyl sites for hydroxylation is 1. The SMILES string of the molecule is CCn1nc2ccc(Br)cc2c1CNC. The summed E-state index contributed by atoms with van der Waals surface area (Å²) in [6.45, 7) is 3.87. The van der Waals surface area contributed by atoms with E-state index >= 15 is 0 Å². The van der Waals surface area contributed by atoms with Gasteiger partial charge in [0.15, 0.2) is 0 Å². The first-order chi connectivity index (χ1) is 7.26. The quantitative estimate of drug-likeness (QED) is 0.927. The topological polar surface area (TPSA) is 29.9 Å². The van der Waals surface area contributed by atoms with Crippen molar-refractivity contribution in [1.29, 1.82) is 0 Å². The zero-order chi connectivity index (χ0) is 10.8.